The van der Waals surface area contributed by atoms with Crippen molar-refractivity contribution in [2.75, 3.05) is 5.32 Å². The summed E-state index contributed by atoms with van der Waals surface area (Å²) in [6, 6.07) is 4.91. The lowest BCUT2D eigenvalue weighted by molar-refractivity contribution is 0.130. The largest absolute Gasteiger partial charge is 0.508 e. The number of amides is 1. The highest BCUT2D eigenvalue weighted by Crippen LogP contribution is 2.20. The second kappa shape index (κ2) is 4.68. The topological polar surface area (TPSA) is 58.6 Å². The first-order chi connectivity index (χ1) is 6.99. The molecule has 2 N–H and O–H groups in total. The van der Waals surface area contributed by atoms with Gasteiger partial charge in [-0.3, -0.25) is 5.32 Å². The maximum Gasteiger partial charge on any atom is 0.411 e. The number of hydrogen-bond acceptors (Lipinski definition) is 3. The number of carbonyl (C=O) groups is 1. The van der Waals surface area contributed by atoms with Crippen molar-refractivity contribution in [2.45, 2.75) is 26.9 Å². The van der Waals surface area contributed by atoms with Crippen LogP contribution in [0.25, 0.3) is 0 Å². The number of phenolic OH excluding ortho intramolecular Hbond substituents is 1. The SMILES string of the molecule is Cc1ccc(NC(=O)OC(C)C)cc1O. The Bertz CT molecular complexity index is 361. The van der Waals surface area contributed by atoms with Gasteiger partial charge in [0.25, 0.3) is 0 Å². The zero-order chi connectivity index (χ0) is 11.4. The molecule has 0 saturated carbocycles. The van der Waals surface area contributed by atoms with E-state index in [4.69, 9.17) is 4.74 Å². The Morgan fingerprint density at radius 3 is 2.67 bits per heavy atom. The molecule has 0 aliphatic heterocycles. The van der Waals surface area contributed by atoms with Gasteiger partial charge in [0.1, 0.15) is 5.75 Å². The van der Waals surface area contributed by atoms with E-state index in [9.17, 15) is 9.90 Å². The number of nitrogens with one attached hydrogen (secondary N) is 1. The minimum absolute atomic E-state index is 0.150. The molecule has 1 aromatic carbocycles. The molecule has 0 aliphatic carbocycles. The Morgan fingerprint density at radius 1 is 1.47 bits per heavy atom. The van der Waals surface area contributed by atoms with Crippen molar-refractivity contribution in [1.29, 1.82) is 0 Å². The fourth-order valence-electron chi connectivity index (χ4n) is 1.05. The molecule has 0 aliphatic rings. The van der Waals surface area contributed by atoms with Crippen LogP contribution in [-0.4, -0.2) is 17.3 Å². The zero-order valence-electron chi connectivity index (χ0n) is 9.07. The fraction of sp³-hybridized carbons (Fsp3) is 0.364. The number of ether oxygens (including phenoxy) is 1. The van der Waals surface area contributed by atoms with Gasteiger partial charge in [-0.05, 0) is 32.4 Å². The quantitative estimate of drug-likeness (QED) is 0.787. The molecule has 1 amide bonds. The summed E-state index contributed by atoms with van der Waals surface area (Å²) in [6.45, 7) is 5.32. The highest BCUT2D eigenvalue weighted by atomic mass is 16.6. The summed E-state index contributed by atoms with van der Waals surface area (Å²) in [5.74, 6) is 0.150. The number of anilines is 1. The highest BCUT2D eigenvalue weighted by Gasteiger charge is 2.06. The van der Waals surface area contributed by atoms with Crippen LogP contribution in [0.5, 0.6) is 5.75 Å². The predicted octanol–water partition coefficient (Wildman–Crippen LogP) is 2.66. The van der Waals surface area contributed by atoms with E-state index in [1.54, 1.807) is 32.9 Å². The van der Waals surface area contributed by atoms with E-state index in [1.165, 1.54) is 6.07 Å². The maximum absolute atomic E-state index is 11.2. The summed E-state index contributed by atoms with van der Waals surface area (Å²) in [7, 11) is 0. The second-order valence-electron chi connectivity index (χ2n) is 3.58. The highest BCUT2D eigenvalue weighted by molar-refractivity contribution is 5.85. The Hall–Kier alpha value is -1.71. The average Bonchev–Trinajstić information content (AvgIpc) is 2.10. The molecular formula is C11H15NO3. The number of rotatable bonds is 2. The molecule has 0 unspecified atom stereocenters. The fourth-order valence-corrected chi connectivity index (χ4v) is 1.05. The van der Waals surface area contributed by atoms with E-state index in [1.807, 2.05) is 0 Å². The van der Waals surface area contributed by atoms with Gasteiger partial charge in [-0.25, -0.2) is 4.79 Å². The van der Waals surface area contributed by atoms with Crippen LogP contribution >= 0.6 is 0 Å². The van der Waals surface area contributed by atoms with Crippen molar-refractivity contribution >= 4 is 11.8 Å². The van der Waals surface area contributed by atoms with Crippen molar-refractivity contribution < 1.29 is 14.6 Å². The second-order valence-corrected chi connectivity index (χ2v) is 3.58. The molecule has 0 heterocycles. The van der Waals surface area contributed by atoms with Crippen molar-refractivity contribution in [1.82, 2.24) is 0 Å². The molecular weight excluding hydrogens is 194 g/mol. The molecule has 4 heteroatoms. The number of carbonyl (C=O) groups excluding carboxylic acids is 1. The molecule has 82 valence electrons. The average molecular weight is 209 g/mol. The van der Waals surface area contributed by atoms with Crippen LogP contribution < -0.4 is 5.32 Å². The first-order valence-corrected chi connectivity index (χ1v) is 4.76. The molecule has 0 spiro atoms. The smallest absolute Gasteiger partial charge is 0.411 e. The van der Waals surface area contributed by atoms with Crippen LogP contribution in [0.2, 0.25) is 0 Å². The van der Waals surface area contributed by atoms with Crippen LogP contribution in [0.3, 0.4) is 0 Å². The van der Waals surface area contributed by atoms with Gasteiger partial charge in [0, 0.05) is 11.8 Å². The van der Waals surface area contributed by atoms with E-state index in [0.29, 0.717) is 5.69 Å². The lowest BCUT2D eigenvalue weighted by atomic mass is 10.2. The molecule has 1 rings (SSSR count). The predicted molar refractivity (Wildman–Crippen MR) is 58.1 cm³/mol. The molecule has 0 bridgehead atoms. The van der Waals surface area contributed by atoms with Gasteiger partial charge in [-0.15, -0.1) is 0 Å². The molecule has 15 heavy (non-hydrogen) atoms. The van der Waals surface area contributed by atoms with Gasteiger partial charge < -0.3 is 9.84 Å². The molecule has 0 atom stereocenters. The first-order valence-electron chi connectivity index (χ1n) is 4.76. The molecule has 0 fully saturated rings. The standard InChI is InChI=1S/C11H15NO3/c1-7(2)15-11(14)12-9-5-4-8(3)10(13)6-9/h4-7,13H,1-3H3,(H,12,14). The van der Waals surface area contributed by atoms with Gasteiger partial charge in [-0.1, -0.05) is 6.07 Å². The van der Waals surface area contributed by atoms with E-state index in [2.05, 4.69) is 5.32 Å². The zero-order valence-corrected chi connectivity index (χ0v) is 9.07. The van der Waals surface area contributed by atoms with Crippen LogP contribution in [-0.2, 0) is 4.74 Å². The van der Waals surface area contributed by atoms with Gasteiger partial charge >= 0.3 is 6.09 Å². The summed E-state index contributed by atoms with van der Waals surface area (Å²) < 4.78 is 4.89. The van der Waals surface area contributed by atoms with E-state index < -0.39 is 6.09 Å². The lowest BCUT2D eigenvalue weighted by Gasteiger charge is -2.10. The number of benzene rings is 1. The lowest BCUT2D eigenvalue weighted by Crippen LogP contribution is -2.17. The summed E-state index contributed by atoms with van der Waals surface area (Å²) in [4.78, 5) is 11.2. The van der Waals surface area contributed by atoms with Gasteiger partial charge in [0.2, 0.25) is 0 Å². The van der Waals surface area contributed by atoms with E-state index >= 15 is 0 Å². The Balaban J connectivity index is 2.65. The summed E-state index contributed by atoms with van der Waals surface area (Å²) in [6.07, 6.45) is -0.683. The van der Waals surface area contributed by atoms with Crippen LogP contribution in [0.1, 0.15) is 19.4 Å². The molecule has 0 aromatic heterocycles. The Kier molecular flexibility index (Phi) is 3.55. The maximum atomic E-state index is 11.2. The summed E-state index contributed by atoms with van der Waals surface area (Å²) in [5, 5.41) is 11.9. The van der Waals surface area contributed by atoms with Crippen molar-refractivity contribution in [2.24, 2.45) is 0 Å². The van der Waals surface area contributed by atoms with Crippen LogP contribution in [0.4, 0.5) is 10.5 Å². The third-order valence-electron chi connectivity index (χ3n) is 1.80. The van der Waals surface area contributed by atoms with Gasteiger partial charge in [-0.2, -0.15) is 0 Å². The monoisotopic (exact) mass is 209 g/mol. The number of hydrogen-bond donors (Lipinski definition) is 2. The Morgan fingerprint density at radius 2 is 2.13 bits per heavy atom. The molecule has 0 saturated heterocycles. The first kappa shape index (κ1) is 11.4. The summed E-state index contributed by atoms with van der Waals surface area (Å²) >= 11 is 0. The number of aromatic hydroxyl groups is 1. The molecule has 0 radical (unpaired) electrons. The Labute approximate surface area is 88.9 Å². The van der Waals surface area contributed by atoms with Gasteiger partial charge in [0.05, 0.1) is 6.10 Å². The van der Waals surface area contributed by atoms with Gasteiger partial charge in [0.15, 0.2) is 0 Å². The van der Waals surface area contributed by atoms with E-state index in [0.717, 1.165) is 5.56 Å². The van der Waals surface area contributed by atoms with Crippen molar-refractivity contribution in [3.63, 3.8) is 0 Å². The van der Waals surface area contributed by atoms with Crippen molar-refractivity contribution in [3.8, 4) is 5.75 Å². The third-order valence-corrected chi connectivity index (χ3v) is 1.80. The minimum atomic E-state index is -0.520. The normalized spacial score (nSPS) is 10.1. The van der Waals surface area contributed by atoms with E-state index in [-0.39, 0.29) is 11.9 Å². The van der Waals surface area contributed by atoms with Crippen molar-refractivity contribution in [3.05, 3.63) is 23.8 Å². The third kappa shape index (κ3) is 3.50. The number of phenols is 1. The van der Waals surface area contributed by atoms with Crippen LogP contribution in [0, 0.1) is 6.92 Å². The summed E-state index contributed by atoms with van der Waals surface area (Å²) in [5.41, 5.74) is 1.28. The minimum Gasteiger partial charge on any atom is -0.508 e. The van der Waals surface area contributed by atoms with Crippen LogP contribution in [0.15, 0.2) is 18.2 Å². The molecule has 4 nitrogen and oxygen atoms in total. The number of aryl methyl sites for hydroxylation is 1. The molecule has 1 aromatic rings.